The topological polar surface area (TPSA) is 15.8 Å². The van der Waals surface area contributed by atoms with Crippen molar-refractivity contribution in [3.8, 4) is 0 Å². The van der Waals surface area contributed by atoms with Crippen LogP contribution in [0.5, 0.6) is 0 Å². The van der Waals surface area contributed by atoms with Gasteiger partial charge in [0.25, 0.3) is 0 Å². The molecule has 0 amide bonds. The van der Waals surface area contributed by atoms with Crippen LogP contribution in [0.4, 0.5) is 4.39 Å². The summed E-state index contributed by atoms with van der Waals surface area (Å²) in [4.78, 5) is 3.28. The van der Waals surface area contributed by atoms with Gasteiger partial charge in [0.1, 0.15) is 5.82 Å². The fourth-order valence-electron chi connectivity index (χ4n) is 2.75. The van der Waals surface area contributed by atoms with Gasteiger partial charge in [0.15, 0.2) is 0 Å². The van der Waals surface area contributed by atoms with Gasteiger partial charge < -0.3 is 4.98 Å². The van der Waals surface area contributed by atoms with E-state index in [1.807, 2.05) is 12.1 Å². The molecule has 3 rings (SSSR count). The Bertz CT molecular complexity index is 513. The molecule has 0 spiro atoms. The van der Waals surface area contributed by atoms with Crippen molar-refractivity contribution < 1.29 is 4.39 Å². The van der Waals surface area contributed by atoms with Crippen molar-refractivity contribution in [2.75, 3.05) is 0 Å². The molecule has 0 atom stereocenters. The number of rotatable bonds is 0. The van der Waals surface area contributed by atoms with E-state index in [9.17, 15) is 4.39 Å². The van der Waals surface area contributed by atoms with Crippen LogP contribution < -0.4 is 0 Å². The Labute approximate surface area is 94.7 Å². The summed E-state index contributed by atoms with van der Waals surface area (Å²) in [5.74, 6) is -0.121. The number of hydrogen-bond donors (Lipinski definition) is 1. The van der Waals surface area contributed by atoms with Crippen molar-refractivity contribution in [3.63, 3.8) is 0 Å². The van der Waals surface area contributed by atoms with Gasteiger partial charge in [-0.05, 0) is 37.3 Å². The number of halogens is 1. The van der Waals surface area contributed by atoms with Gasteiger partial charge in [-0.3, -0.25) is 0 Å². The van der Waals surface area contributed by atoms with E-state index < -0.39 is 0 Å². The van der Waals surface area contributed by atoms with Gasteiger partial charge in [0, 0.05) is 11.1 Å². The molecule has 0 saturated carbocycles. The average Bonchev–Trinajstić information content (AvgIpc) is 2.57. The summed E-state index contributed by atoms with van der Waals surface area (Å²) in [6.45, 7) is 0. The van der Waals surface area contributed by atoms with Crippen LogP contribution in [-0.2, 0) is 12.8 Å². The first kappa shape index (κ1) is 9.88. The highest BCUT2D eigenvalue weighted by atomic mass is 19.1. The van der Waals surface area contributed by atoms with E-state index in [0.29, 0.717) is 5.52 Å². The summed E-state index contributed by atoms with van der Waals surface area (Å²) in [5, 5.41) is 1.09. The third-order valence-electron chi connectivity index (χ3n) is 3.58. The summed E-state index contributed by atoms with van der Waals surface area (Å²) in [7, 11) is 0. The zero-order chi connectivity index (χ0) is 11.0. The lowest BCUT2D eigenvalue weighted by Gasteiger charge is -2.09. The summed E-state index contributed by atoms with van der Waals surface area (Å²) in [6.07, 6.45) is 7.23. The lowest BCUT2D eigenvalue weighted by molar-refractivity contribution is 0.613. The highest BCUT2D eigenvalue weighted by Crippen LogP contribution is 2.28. The van der Waals surface area contributed by atoms with Gasteiger partial charge in [0.2, 0.25) is 0 Å². The third kappa shape index (κ3) is 1.53. The number of aryl methyl sites for hydroxylation is 2. The molecule has 2 heteroatoms. The molecule has 0 radical (unpaired) electrons. The smallest absolute Gasteiger partial charge is 0.147 e. The van der Waals surface area contributed by atoms with E-state index in [4.69, 9.17) is 0 Å². The molecule has 0 bridgehead atoms. The standard InChI is InChI=1S/C14H16FN/c15-12-8-5-7-11-10-6-3-1-2-4-9-13(10)16-14(11)12/h5,7-8,16H,1-4,6,9H2. The second-order valence-electron chi connectivity index (χ2n) is 4.66. The lowest BCUT2D eigenvalue weighted by Crippen LogP contribution is -1.97. The lowest BCUT2D eigenvalue weighted by atomic mass is 9.97. The van der Waals surface area contributed by atoms with Gasteiger partial charge >= 0.3 is 0 Å². The summed E-state index contributed by atoms with van der Waals surface area (Å²) in [6, 6.07) is 5.38. The highest BCUT2D eigenvalue weighted by Gasteiger charge is 2.14. The number of nitrogens with one attached hydrogen (secondary N) is 1. The molecule has 84 valence electrons. The van der Waals surface area contributed by atoms with Crippen molar-refractivity contribution in [2.45, 2.75) is 38.5 Å². The van der Waals surface area contributed by atoms with Crippen molar-refractivity contribution >= 4 is 10.9 Å². The van der Waals surface area contributed by atoms with Crippen molar-refractivity contribution in [1.29, 1.82) is 0 Å². The Morgan fingerprint density at radius 3 is 2.69 bits per heavy atom. The molecule has 1 aliphatic carbocycles. The predicted octanol–water partition coefficient (Wildman–Crippen LogP) is 3.97. The Morgan fingerprint density at radius 2 is 1.81 bits per heavy atom. The van der Waals surface area contributed by atoms with Crippen LogP contribution in [0.15, 0.2) is 18.2 Å². The first-order valence-electron chi connectivity index (χ1n) is 6.14. The maximum absolute atomic E-state index is 13.6. The van der Waals surface area contributed by atoms with Crippen molar-refractivity contribution in [1.82, 2.24) is 4.98 Å². The zero-order valence-corrected chi connectivity index (χ0v) is 9.35. The van der Waals surface area contributed by atoms with Crippen LogP contribution >= 0.6 is 0 Å². The van der Waals surface area contributed by atoms with Gasteiger partial charge in [-0.15, -0.1) is 0 Å². The fourth-order valence-corrected chi connectivity index (χ4v) is 2.75. The van der Waals surface area contributed by atoms with Gasteiger partial charge in [0.05, 0.1) is 5.52 Å². The Balaban J connectivity index is 2.20. The SMILES string of the molecule is Fc1cccc2c3c([nH]c12)CCCCCC3. The first-order valence-corrected chi connectivity index (χ1v) is 6.14. The molecule has 1 aliphatic rings. The Hall–Kier alpha value is -1.31. The molecule has 1 heterocycles. The number of para-hydroxylation sites is 1. The molecule has 0 aliphatic heterocycles. The van der Waals surface area contributed by atoms with Crippen LogP contribution in [0.3, 0.4) is 0 Å². The van der Waals surface area contributed by atoms with E-state index in [2.05, 4.69) is 4.98 Å². The van der Waals surface area contributed by atoms with E-state index in [0.717, 1.165) is 18.2 Å². The van der Waals surface area contributed by atoms with Crippen LogP contribution in [0, 0.1) is 5.82 Å². The zero-order valence-electron chi connectivity index (χ0n) is 9.35. The summed E-state index contributed by atoms with van der Waals surface area (Å²) in [5.41, 5.74) is 3.32. The molecule has 0 fully saturated rings. The molecule has 0 saturated heterocycles. The molecule has 2 aromatic rings. The quantitative estimate of drug-likeness (QED) is 0.687. The number of hydrogen-bond acceptors (Lipinski definition) is 0. The normalized spacial score (nSPS) is 16.8. The van der Waals surface area contributed by atoms with Crippen LogP contribution in [0.1, 0.15) is 36.9 Å². The molecular formula is C14H16FN. The van der Waals surface area contributed by atoms with Crippen LogP contribution in [0.2, 0.25) is 0 Å². The monoisotopic (exact) mass is 217 g/mol. The van der Waals surface area contributed by atoms with E-state index in [1.54, 1.807) is 0 Å². The highest BCUT2D eigenvalue weighted by molar-refractivity contribution is 5.85. The fraction of sp³-hybridized carbons (Fsp3) is 0.429. The number of aromatic amines is 1. The van der Waals surface area contributed by atoms with Crippen molar-refractivity contribution in [3.05, 3.63) is 35.3 Å². The van der Waals surface area contributed by atoms with E-state index in [-0.39, 0.29) is 5.82 Å². The summed E-state index contributed by atoms with van der Waals surface area (Å²) >= 11 is 0. The number of H-pyrrole nitrogens is 1. The molecule has 16 heavy (non-hydrogen) atoms. The van der Waals surface area contributed by atoms with Crippen LogP contribution in [0.25, 0.3) is 10.9 Å². The maximum atomic E-state index is 13.6. The van der Waals surface area contributed by atoms with Crippen LogP contribution in [-0.4, -0.2) is 4.98 Å². The van der Waals surface area contributed by atoms with Gasteiger partial charge in [-0.2, -0.15) is 0 Å². The largest absolute Gasteiger partial charge is 0.356 e. The maximum Gasteiger partial charge on any atom is 0.147 e. The van der Waals surface area contributed by atoms with Gasteiger partial charge in [-0.1, -0.05) is 25.0 Å². The third-order valence-corrected chi connectivity index (χ3v) is 3.58. The Morgan fingerprint density at radius 1 is 1.00 bits per heavy atom. The summed E-state index contributed by atoms with van der Waals surface area (Å²) < 4.78 is 13.6. The molecule has 1 aromatic heterocycles. The first-order chi connectivity index (χ1) is 7.86. The van der Waals surface area contributed by atoms with Gasteiger partial charge in [-0.25, -0.2) is 4.39 Å². The molecule has 0 unspecified atom stereocenters. The second-order valence-corrected chi connectivity index (χ2v) is 4.66. The molecular weight excluding hydrogens is 201 g/mol. The number of fused-ring (bicyclic) bond motifs is 3. The van der Waals surface area contributed by atoms with E-state index in [1.165, 1.54) is 43.0 Å². The van der Waals surface area contributed by atoms with Crippen molar-refractivity contribution in [2.24, 2.45) is 0 Å². The molecule has 1 aromatic carbocycles. The minimum atomic E-state index is -0.121. The predicted molar refractivity (Wildman–Crippen MR) is 64.1 cm³/mol. The molecule has 1 nitrogen and oxygen atoms in total. The molecule has 1 N–H and O–H groups in total. The van der Waals surface area contributed by atoms with E-state index >= 15 is 0 Å². The Kier molecular flexibility index (Phi) is 2.43. The second kappa shape index (κ2) is 3.93. The number of aromatic nitrogens is 1. The minimum absolute atomic E-state index is 0.121. The average molecular weight is 217 g/mol. The number of benzene rings is 1. The minimum Gasteiger partial charge on any atom is -0.356 e.